The Morgan fingerprint density at radius 3 is 2.57 bits per heavy atom. The van der Waals surface area contributed by atoms with Gasteiger partial charge < -0.3 is 10.1 Å². The molecule has 28 heavy (non-hydrogen) atoms. The van der Waals surface area contributed by atoms with Crippen molar-refractivity contribution in [1.82, 2.24) is 15.5 Å². The van der Waals surface area contributed by atoms with E-state index in [-0.39, 0.29) is 17.8 Å². The lowest BCUT2D eigenvalue weighted by Crippen LogP contribution is -2.26. The van der Waals surface area contributed by atoms with Crippen LogP contribution in [0.2, 0.25) is 0 Å². The molecule has 0 radical (unpaired) electrons. The average Bonchev–Trinajstić information content (AvgIpc) is 3.19. The first-order chi connectivity index (χ1) is 13.6. The highest BCUT2D eigenvalue weighted by molar-refractivity contribution is 5.99. The van der Waals surface area contributed by atoms with Crippen LogP contribution in [0, 0.1) is 5.82 Å². The summed E-state index contributed by atoms with van der Waals surface area (Å²) in [5.74, 6) is 0.248. The molecule has 146 valence electrons. The van der Waals surface area contributed by atoms with Crippen molar-refractivity contribution in [3.63, 3.8) is 0 Å². The molecule has 6 heteroatoms. The molecule has 1 aromatic heterocycles. The third-order valence-electron chi connectivity index (χ3n) is 4.51. The molecule has 0 saturated heterocycles. The van der Waals surface area contributed by atoms with Gasteiger partial charge in [0, 0.05) is 5.56 Å². The van der Waals surface area contributed by atoms with Gasteiger partial charge in [-0.15, -0.1) is 0 Å². The molecule has 3 rings (SSSR count). The fourth-order valence-corrected chi connectivity index (χ4v) is 2.84. The molecule has 0 aliphatic rings. The number of benzene rings is 2. The van der Waals surface area contributed by atoms with E-state index in [1.807, 2.05) is 31.2 Å². The van der Waals surface area contributed by atoms with Gasteiger partial charge in [0.15, 0.2) is 0 Å². The second-order valence-corrected chi connectivity index (χ2v) is 6.63. The second-order valence-electron chi connectivity index (χ2n) is 6.63. The number of carbonyl (C=O) groups excluding carboxylic acids is 1. The highest BCUT2D eigenvalue weighted by Gasteiger charge is 2.18. The standard InChI is InChI=1S/C22H24FN3O2/c1-3-4-13-28-19-11-7-17(8-12-19)21-20(14-24-26-21)22(27)25-15(2)16-5-9-18(23)10-6-16/h5-12,14-15H,3-4,13H2,1-2H3,(H,24,26)(H,25,27)/t15-/m1/s1. The van der Waals surface area contributed by atoms with Crippen LogP contribution in [0.5, 0.6) is 5.75 Å². The molecule has 0 unspecified atom stereocenters. The predicted molar refractivity (Wildman–Crippen MR) is 107 cm³/mol. The van der Waals surface area contributed by atoms with Crippen molar-refractivity contribution < 1.29 is 13.9 Å². The molecule has 0 saturated carbocycles. The van der Waals surface area contributed by atoms with Crippen LogP contribution in [-0.4, -0.2) is 22.7 Å². The molecule has 1 heterocycles. The minimum absolute atomic E-state index is 0.246. The van der Waals surface area contributed by atoms with Crippen molar-refractivity contribution in [3.8, 4) is 17.0 Å². The molecule has 2 aromatic carbocycles. The molecule has 2 N–H and O–H groups in total. The summed E-state index contributed by atoms with van der Waals surface area (Å²) in [6, 6.07) is 13.4. The van der Waals surface area contributed by atoms with Crippen LogP contribution in [0.4, 0.5) is 4.39 Å². The van der Waals surface area contributed by atoms with E-state index in [4.69, 9.17) is 4.74 Å². The monoisotopic (exact) mass is 381 g/mol. The minimum atomic E-state index is -0.304. The molecule has 5 nitrogen and oxygen atoms in total. The zero-order chi connectivity index (χ0) is 19.9. The fraction of sp³-hybridized carbons (Fsp3) is 0.273. The maximum atomic E-state index is 13.1. The van der Waals surface area contributed by atoms with Gasteiger partial charge in [-0.25, -0.2) is 4.39 Å². The number of aromatic nitrogens is 2. The van der Waals surface area contributed by atoms with Gasteiger partial charge in [0.05, 0.1) is 30.1 Å². The Morgan fingerprint density at radius 1 is 1.18 bits per heavy atom. The number of amides is 1. The van der Waals surface area contributed by atoms with Gasteiger partial charge in [-0.1, -0.05) is 25.5 Å². The van der Waals surface area contributed by atoms with Crippen LogP contribution in [0.1, 0.15) is 48.7 Å². The summed E-state index contributed by atoms with van der Waals surface area (Å²) >= 11 is 0. The third kappa shape index (κ3) is 4.76. The summed E-state index contributed by atoms with van der Waals surface area (Å²) in [7, 11) is 0. The van der Waals surface area contributed by atoms with Crippen molar-refractivity contribution in [3.05, 3.63) is 71.7 Å². The maximum Gasteiger partial charge on any atom is 0.255 e. The van der Waals surface area contributed by atoms with Crippen molar-refractivity contribution in [2.75, 3.05) is 6.61 Å². The van der Waals surface area contributed by atoms with E-state index in [2.05, 4.69) is 22.4 Å². The van der Waals surface area contributed by atoms with Gasteiger partial charge in [-0.05, 0) is 55.3 Å². The first-order valence-electron chi connectivity index (χ1n) is 9.41. The second kappa shape index (κ2) is 9.17. The van der Waals surface area contributed by atoms with Crippen molar-refractivity contribution in [1.29, 1.82) is 0 Å². The van der Waals surface area contributed by atoms with Crippen molar-refractivity contribution >= 4 is 5.91 Å². The van der Waals surface area contributed by atoms with Gasteiger partial charge in [-0.3, -0.25) is 9.89 Å². The van der Waals surface area contributed by atoms with Gasteiger partial charge in [-0.2, -0.15) is 5.10 Å². The zero-order valence-corrected chi connectivity index (χ0v) is 16.0. The molecule has 0 aliphatic carbocycles. The molecule has 0 bridgehead atoms. The molecular weight excluding hydrogens is 357 g/mol. The highest BCUT2D eigenvalue weighted by atomic mass is 19.1. The van der Waals surface area contributed by atoms with Crippen LogP contribution >= 0.6 is 0 Å². The van der Waals surface area contributed by atoms with E-state index < -0.39 is 0 Å². The van der Waals surface area contributed by atoms with E-state index in [1.54, 1.807) is 12.1 Å². The SMILES string of the molecule is CCCCOc1ccc(-c2[nH]ncc2C(=O)N[C@H](C)c2ccc(F)cc2)cc1. The summed E-state index contributed by atoms with van der Waals surface area (Å²) in [5.41, 5.74) is 2.77. The van der Waals surface area contributed by atoms with Crippen molar-refractivity contribution in [2.45, 2.75) is 32.7 Å². The number of halogens is 1. The Hall–Kier alpha value is -3.15. The van der Waals surface area contributed by atoms with Crippen LogP contribution < -0.4 is 10.1 Å². The Kier molecular flexibility index (Phi) is 6.42. The molecule has 0 aliphatic heterocycles. The predicted octanol–water partition coefficient (Wildman–Crippen LogP) is 4.89. The molecule has 0 fully saturated rings. The lowest BCUT2D eigenvalue weighted by Gasteiger charge is -2.14. The summed E-state index contributed by atoms with van der Waals surface area (Å²) in [6.45, 7) is 4.66. The molecule has 0 spiro atoms. The summed E-state index contributed by atoms with van der Waals surface area (Å²) < 4.78 is 18.8. The Morgan fingerprint density at radius 2 is 1.89 bits per heavy atom. The van der Waals surface area contributed by atoms with Gasteiger partial charge in [0.25, 0.3) is 5.91 Å². The Bertz CT molecular complexity index is 904. The quantitative estimate of drug-likeness (QED) is 0.546. The number of rotatable bonds is 8. The number of nitrogens with zero attached hydrogens (tertiary/aromatic N) is 1. The topological polar surface area (TPSA) is 67.0 Å². The van der Waals surface area contributed by atoms with Crippen LogP contribution in [-0.2, 0) is 0 Å². The van der Waals surface area contributed by atoms with Crippen molar-refractivity contribution in [2.24, 2.45) is 0 Å². The van der Waals surface area contributed by atoms with Crippen LogP contribution in [0.3, 0.4) is 0 Å². The first-order valence-corrected chi connectivity index (χ1v) is 9.41. The Labute approximate surface area is 163 Å². The van der Waals surface area contributed by atoms with Gasteiger partial charge in [0.1, 0.15) is 11.6 Å². The number of nitrogens with one attached hydrogen (secondary N) is 2. The molecule has 3 aromatic rings. The highest BCUT2D eigenvalue weighted by Crippen LogP contribution is 2.24. The van der Waals surface area contributed by atoms with E-state index in [9.17, 15) is 9.18 Å². The Balaban J connectivity index is 1.70. The zero-order valence-electron chi connectivity index (χ0n) is 16.0. The number of hydrogen-bond acceptors (Lipinski definition) is 3. The van der Waals surface area contributed by atoms with Gasteiger partial charge in [0.2, 0.25) is 0 Å². The maximum absolute atomic E-state index is 13.1. The number of carbonyl (C=O) groups is 1. The number of ether oxygens (including phenoxy) is 1. The summed E-state index contributed by atoms with van der Waals surface area (Å²) in [5, 5.41) is 9.85. The number of hydrogen-bond donors (Lipinski definition) is 2. The van der Waals surface area contributed by atoms with E-state index in [0.29, 0.717) is 17.9 Å². The van der Waals surface area contributed by atoms with E-state index >= 15 is 0 Å². The third-order valence-corrected chi connectivity index (χ3v) is 4.51. The number of H-pyrrole nitrogens is 1. The lowest BCUT2D eigenvalue weighted by atomic mass is 10.1. The van der Waals surface area contributed by atoms with Gasteiger partial charge >= 0.3 is 0 Å². The van der Waals surface area contributed by atoms with E-state index in [0.717, 1.165) is 29.7 Å². The largest absolute Gasteiger partial charge is 0.494 e. The van der Waals surface area contributed by atoms with Crippen LogP contribution in [0.25, 0.3) is 11.3 Å². The minimum Gasteiger partial charge on any atom is -0.494 e. The summed E-state index contributed by atoms with van der Waals surface area (Å²) in [4.78, 5) is 12.7. The fourth-order valence-electron chi connectivity index (χ4n) is 2.84. The molecule has 1 atom stereocenters. The average molecular weight is 381 g/mol. The first kappa shape index (κ1) is 19.6. The normalized spacial score (nSPS) is 11.8. The van der Waals surface area contributed by atoms with E-state index in [1.165, 1.54) is 18.3 Å². The molecule has 1 amide bonds. The lowest BCUT2D eigenvalue weighted by molar-refractivity contribution is 0.0940. The van der Waals surface area contributed by atoms with Crippen LogP contribution in [0.15, 0.2) is 54.7 Å². The number of unbranched alkanes of at least 4 members (excludes halogenated alkanes) is 1. The smallest absolute Gasteiger partial charge is 0.255 e. The number of aromatic amines is 1. The molecular formula is C22H24FN3O2. The summed E-state index contributed by atoms with van der Waals surface area (Å²) in [6.07, 6.45) is 3.60.